The largest absolute Gasteiger partial charge is 0.506 e. The van der Waals surface area contributed by atoms with Gasteiger partial charge in [0.05, 0.1) is 5.69 Å². The second kappa shape index (κ2) is 6.98. The third kappa shape index (κ3) is 3.22. The van der Waals surface area contributed by atoms with Crippen molar-refractivity contribution in [1.29, 1.82) is 0 Å². The molecule has 0 aliphatic heterocycles. The van der Waals surface area contributed by atoms with E-state index in [0.29, 0.717) is 5.69 Å². The van der Waals surface area contributed by atoms with Crippen molar-refractivity contribution < 1.29 is 5.11 Å². The number of rotatable bonds is 4. The number of hydrogen-bond donors (Lipinski definition) is 1. The number of phenols is 1. The van der Waals surface area contributed by atoms with Gasteiger partial charge in [0.25, 0.3) is 0 Å². The first-order valence-corrected chi connectivity index (χ1v) is 8.62. The molecule has 128 valence electrons. The van der Waals surface area contributed by atoms with Crippen molar-refractivity contribution in [2.24, 2.45) is 4.99 Å². The lowest BCUT2D eigenvalue weighted by Crippen LogP contribution is -2.05. The van der Waals surface area contributed by atoms with E-state index in [1.165, 1.54) is 22.5 Å². The minimum Gasteiger partial charge on any atom is -0.506 e. The molecule has 3 nitrogen and oxygen atoms in total. The van der Waals surface area contributed by atoms with E-state index in [1.807, 2.05) is 18.3 Å². The average Bonchev–Trinajstić information content (AvgIpc) is 2.88. The Labute approximate surface area is 149 Å². The summed E-state index contributed by atoms with van der Waals surface area (Å²) in [6.45, 7) is 8.58. The molecule has 3 rings (SSSR count). The molecule has 0 unspecified atom stereocenters. The zero-order chi connectivity index (χ0) is 18.0. The molecule has 0 aliphatic rings. The van der Waals surface area contributed by atoms with Crippen LogP contribution in [0.4, 0.5) is 5.69 Å². The summed E-state index contributed by atoms with van der Waals surface area (Å²) in [7, 11) is 0. The SMILES string of the molecule is CCc1cccc(C)c1-n1c(C)cc(C=Nc2ccccc2O)c1C. The molecule has 2 aromatic carbocycles. The predicted molar refractivity (Wildman–Crippen MR) is 105 cm³/mol. The van der Waals surface area contributed by atoms with Crippen LogP contribution in [0.3, 0.4) is 0 Å². The van der Waals surface area contributed by atoms with Crippen LogP contribution in [0.1, 0.15) is 35.0 Å². The molecule has 1 heterocycles. The van der Waals surface area contributed by atoms with E-state index in [1.54, 1.807) is 12.1 Å². The van der Waals surface area contributed by atoms with Crippen molar-refractivity contribution >= 4 is 11.9 Å². The molecule has 3 aromatic rings. The lowest BCUT2D eigenvalue weighted by atomic mass is 10.1. The third-order valence-corrected chi connectivity index (χ3v) is 4.62. The van der Waals surface area contributed by atoms with Crippen LogP contribution < -0.4 is 0 Å². The van der Waals surface area contributed by atoms with E-state index in [0.717, 1.165) is 17.7 Å². The van der Waals surface area contributed by atoms with Gasteiger partial charge in [0.2, 0.25) is 0 Å². The molecule has 0 atom stereocenters. The van der Waals surface area contributed by atoms with Crippen LogP contribution in [-0.4, -0.2) is 15.9 Å². The summed E-state index contributed by atoms with van der Waals surface area (Å²) in [6, 6.07) is 15.7. The van der Waals surface area contributed by atoms with Crippen molar-refractivity contribution in [3.05, 3.63) is 76.6 Å². The third-order valence-electron chi connectivity index (χ3n) is 4.62. The Morgan fingerprint density at radius 3 is 2.52 bits per heavy atom. The van der Waals surface area contributed by atoms with Crippen LogP contribution in [0.2, 0.25) is 0 Å². The second-order valence-corrected chi connectivity index (χ2v) is 6.34. The van der Waals surface area contributed by atoms with E-state index in [9.17, 15) is 5.11 Å². The van der Waals surface area contributed by atoms with Gasteiger partial charge >= 0.3 is 0 Å². The van der Waals surface area contributed by atoms with Crippen molar-refractivity contribution in [2.45, 2.75) is 34.1 Å². The van der Waals surface area contributed by atoms with Gasteiger partial charge in [0, 0.05) is 23.2 Å². The van der Waals surface area contributed by atoms with Gasteiger partial charge in [-0.15, -0.1) is 0 Å². The van der Waals surface area contributed by atoms with Crippen molar-refractivity contribution in [1.82, 2.24) is 4.57 Å². The molecular weight excluding hydrogens is 308 g/mol. The number of phenolic OH excluding ortho intramolecular Hbond substituents is 1. The highest BCUT2D eigenvalue weighted by atomic mass is 16.3. The standard InChI is InChI=1S/C22H24N2O/c1-5-18-10-8-9-15(2)22(18)24-16(3)13-19(17(24)4)14-23-20-11-6-7-12-21(20)25/h6-14,25H,5H2,1-4H3. The molecule has 0 saturated carbocycles. The van der Waals surface area contributed by atoms with Crippen LogP contribution in [0.25, 0.3) is 5.69 Å². The van der Waals surface area contributed by atoms with Crippen molar-refractivity contribution in [3.8, 4) is 11.4 Å². The Bertz CT molecular complexity index is 935. The zero-order valence-electron chi connectivity index (χ0n) is 15.2. The predicted octanol–water partition coefficient (Wildman–Crippen LogP) is 5.42. The zero-order valence-corrected chi connectivity index (χ0v) is 15.2. The van der Waals surface area contributed by atoms with Gasteiger partial charge < -0.3 is 9.67 Å². The van der Waals surface area contributed by atoms with Gasteiger partial charge in [0.15, 0.2) is 0 Å². The smallest absolute Gasteiger partial charge is 0.141 e. The van der Waals surface area contributed by atoms with E-state index < -0.39 is 0 Å². The maximum absolute atomic E-state index is 9.88. The summed E-state index contributed by atoms with van der Waals surface area (Å²) in [5.41, 5.74) is 7.85. The summed E-state index contributed by atoms with van der Waals surface area (Å²) in [6.07, 6.45) is 2.83. The Hall–Kier alpha value is -2.81. The highest BCUT2D eigenvalue weighted by Gasteiger charge is 2.14. The molecule has 0 saturated heterocycles. The van der Waals surface area contributed by atoms with Crippen molar-refractivity contribution in [3.63, 3.8) is 0 Å². The quantitative estimate of drug-likeness (QED) is 0.636. The normalized spacial score (nSPS) is 11.4. The van der Waals surface area contributed by atoms with E-state index in [2.05, 4.69) is 61.5 Å². The lowest BCUT2D eigenvalue weighted by molar-refractivity contribution is 0.477. The van der Waals surface area contributed by atoms with Gasteiger partial charge in [-0.3, -0.25) is 4.99 Å². The molecular formula is C22H24N2O. The number of aryl methyl sites for hydroxylation is 3. The van der Waals surface area contributed by atoms with E-state index in [-0.39, 0.29) is 5.75 Å². The van der Waals surface area contributed by atoms with Gasteiger partial charge in [-0.05, 0) is 56.5 Å². The summed E-state index contributed by atoms with van der Waals surface area (Å²) in [5, 5.41) is 9.88. The minimum atomic E-state index is 0.194. The maximum atomic E-state index is 9.88. The maximum Gasteiger partial charge on any atom is 0.141 e. The average molecular weight is 332 g/mol. The lowest BCUT2D eigenvalue weighted by Gasteiger charge is -2.17. The first kappa shape index (κ1) is 17.0. The number of aromatic nitrogens is 1. The van der Waals surface area contributed by atoms with Crippen LogP contribution in [-0.2, 0) is 6.42 Å². The highest BCUT2D eigenvalue weighted by molar-refractivity contribution is 5.85. The second-order valence-electron chi connectivity index (χ2n) is 6.34. The molecule has 25 heavy (non-hydrogen) atoms. The highest BCUT2D eigenvalue weighted by Crippen LogP contribution is 2.28. The summed E-state index contributed by atoms with van der Waals surface area (Å²) in [5.74, 6) is 0.194. The molecule has 0 amide bonds. The monoisotopic (exact) mass is 332 g/mol. The summed E-state index contributed by atoms with van der Waals surface area (Å²) in [4.78, 5) is 4.46. The molecule has 0 radical (unpaired) electrons. The van der Waals surface area contributed by atoms with Crippen LogP contribution in [0.15, 0.2) is 53.5 Å². The van der Waals surface area contributed by atoms with Crippen LogP contribution in [0.5, 0.6) is 5.75 Å². The first-order valence-electron chi connectivity index (χ1n) is 8.62. The molecule has 0 bridgehead atoms. The molecule has 1 aromatic heterocycles. The fourth-order valence-electron chi connectivity index (χ4n) is 3.30. The van der Waals surface area contributed by atoms with Crippen LogP contribution >= 0.6 is 0 Å². The molecule has 0 fully saturated rings. The van der Waals surface area contributed by atoms with Crippen LogP contribution in [0, 0.1) is 20.8 Å². The number of hydrogen-bond acceptors (Lipinski definition) is 2. The van der Waals surface area contributed by atoms with Gasteiger partial charge in [-0.25, -0.2) is 0 Å². The molecule has 0 spiro atoms. The Morgan fingerprint density at radius 2 is 1.80 bits per heavy atom. The fourth-order valence-corrected chi connectivity index (χ4v) is 3.30. The number of nitrogens with zero attached hydrogens (tertiary/aromatic N) is 2. The summed E-state index contributed by atoms with van der Waals surface area (Å²) < 4.78 is 2.31. The Kier molecular flexibility index (Phi) is 4.75. The number of benzene rings is 2. The van der Waals surface area contributed by atoms with Gasteiger partial charge in [-0.1, -0.05) is 37.3 Å². The topological polar surface area (TPSA) is 37.5 Å². The molecule has 1 N–H and O–H groups in total. The van der Waals surface area contributed by atoms with Gasteiger partial charge in [-0.2, -0.15) is 0 Å². The molecule has 3 heteroatoms. The van der Waals surface area contributed by atoms with E-state index >= 15 is 0 Å². The minimum absolute atomic E-state index is 0.194. The number of aromatic hydroxyl groups is 1. The fraction of sp³-hybridized carbons (Fsp3) is 0.227. The summed E-state index contributed by atoms with van der Waals surface area (Å²) >= 11 is 0. The number of para-hydroxylation sites is 3. The first-order chi connectivity index (χ1) is 12.0. The van der Waals surface area contributed by atoms with Gasteiger partial charge in [0.1, 0.15) is 11.4 Å². The number of aliphatic imine (C=N–C) groups is 1. The van der Waals surface area contributed by atoms with Crippen molar-refractivity contribution in [2.75, 3.05) is 0 Å². The Morgan fingerprint density at radius 1 is 1.04 bits per heavy atom. The Balaban J connectivity index is 2.07. The molecule has 0 aliphatic carbocycles. The van der Waals surface area contributed by atoms with E-state index in [4.69, 9.17) is 0 Å².